The highest BCUT2D eigenvalue weighted by molar-refractivity contribution is 5.74. The van der Waals surface area contributed by atoms with Crippen molar-refractivity contribution in [1.29, 1.82) is 0 Å². The van der Waals surface area contributed by atoms with Crippen LogP contribution in [-0.2, 0) is 28.5 Å². The highest BCUT2D eigenvalue weighted by atomic mass is 16.6. The number of carbonyl (C=O) groups is 2. The molecule has 2 aliphatic carbocycles. The Hall–Kier alpha value is -1.14. The van der Waals surface area contributed by atoms with Crippen LogP contribution in [0.3, 0.4) is 0 Å². The number of fused-ring (bicyclic) bond motifs is 2. The maximum absolute atomic E-state index is 12.6. The molecule has 8 unspecified atom stereocenters. The second-order valence-corrected chi connectivity index (χ2v) is 11.3. The van der Waals surface area contributed by atoms with E-state index in [4.69, 9.17) is 18.9 Å². The third-order valence-corrected chi connectivity index (χ3v) is 7.65. The molecule has 0 radical (unpaired) electrons. The van der Waals surface area contributed by atoms with Crippen LogP contribution in [0, 0.1) is 29.1 Å². The zero-order chi connectivity index (χ0) is 21.2. The molecule has 6 heteroatoms. The van der Waals surface area contributed by atoms with Crippen LogP contribution < -0.4 is 0 Å². The molecule has 0 N–H and O–H groups in total. The Morgan fingerprint density at radius 3 is 1.62 bits per heavy atom. The molecule has 4 rings (SSSR count). The lowest BCUT2D eigenvalue weighted by molar-refractivity contribution is -0.160. The highest BCUT2D eigenvalue weighted by Crippen LogP contribution is 2.52. The number of epoxide rings is 2. The Bertz CT molecular complexity index is 633. The van der Waals surface area contributed by atoms with Crippen molar-refractivity contribution in [3.8, 4) is 0 Å². The molecule has 0 aromatic rings. The molecule has 2 aliphatic heterocycles. The molecule has 4 aliphatic rings. The van der Waals surface area contributed by atoms with Gasteiger partial charge in [0.2, 0.25) is 0 Å². The zero-order valence-electron chi connectivity index (χ0n) is 18.7. The molecule has 0 aromatic heterocycles. The van der Waals surface area contributed by atoms with Gasteiger partial charge in [-0.05, 0) is 51.4 Å². The average Bonchev–Trinajstić information content (AvgIpc) is 3.48. The topological polar surface area (TPSA) is 77.7 Å². The van der Waals surface area contributed by atoms with Gasteiger partial charge in [-0.15, -0.1) is 0 Å². The number of esters is 2. The van der Waals surface area contributed by atoms with Crippen LogP contribution >= 0.6 is 0 Å². The Labute approximate surface area is 174 Å². The highest BCUT2D eigenvalue weighted by Gasteiger charge is 2.59. The summed E-state index contributed by atoms with van der Waals surface area (Å²) in [5.74, 6) is 0.00129. The van der Waals surface area contributed by atoms with Crippen molar-refractivity contribution in [2.24, 2.45) is 29.1 Å². The fourth-order valence-electron chi connectivity index (χ4n) is 5.47. The van der Waals surface area contributed by atoms with Gasteiger partial charge in [0.1, 0.15) is 0 Å². The van der Waals surface area contributed by atoms with Gasteiger partial charge in [-0.1, -0.05) is 27.7 Å². The molecule has 0 aromatic carbocycles. The van der Waals surface area contributed by atoms with Crippen LogP contribution in [0.15, 0.2) is 0 Å². The van der Waals surface area contributed by atoms with Crippen molar-refractivity contribution < 1.29 is 28.5 Å². The molecule has 164 valence electrons. The summed E-state index contributed by atoms with van der Waals surface area (Å²) in [4.78, 5) is 25.2. The molecular formula is C23H36O6. The lowest BCUT2D eigenvalue weighted by atomic mass is 9.75. The molecular weight excluding hydrogens is 372 g/mol. The third kappa shape index (κ3) is 4.20. The first-order valence-corrected chi connectivity index (χ1v) is 11.1. The van der Waals surface area contributed by atoms with Crippen LogP contribution in [-0.4, -0.2) is 48.6 Å². The van der Waals surface area contributed by atoms with E-state index in [9.17, 15) is 9.59 Å². The summed E-state index contributed by atoms with van der Waals surface area (Å²) < 4.78 is 22.8. The van der Waals surface area contributed by atoms with Crippen molar-refractivity contribution in [3.05, 3.63) is 0 Å². The van der Waals surface area contributed by atoms with E-state index in [1.807, 2.05) is 13.8 Å². The minimum atomic E-state index is -0.420. The van der Waals surface area contributed by atoms with Crippen molar-refractivity contribution in [1.82, 2.24) is 0 Å². The molecule has 2 heterocycles. The van der Waals surface area contributed by atoms with E-state index in [0.29, 0.717) is 0 Å². The minimum absolute atomic E-state index is 0.0249. The number of hydrogen-bond acceptors (Lipinski definition) is 6. The molecule has 6 nitrogen and oxygen atoms in total. The normalized spacial score (nSPS) is 45.6. The summed E-state index contributed by atoms with van der Waals surface area (Å²) >= 11 is 0. The summed E-state index contributed by atoms with van der Waals surface area (Å²) in [5.41, 5.74) is -0.470. The summed E-state index contributed by atoms with van der Waals surface area (Å²) in [7, 11) is 0. The fourth-order valence-corrected chi connectivity index (χ4v) is 5.47. The average molecular weight is 409 g/mol. The largest absolute Gasteiger partial charge is 0.465 e. The zero-order valence-corrected chi connectivity index (χ0v) is 18.7. The predicted octanol–water partition coefficient (Wildman–Crippen LogP) is 3.51. The molecule has 2 saturated heterocycles. The Morgan fingerprint density at radius 2 is 1.24 bits per heavy atom. The van der Waals surface area contributed by atoms with Crippen molar-refractivity contribution in [2.75, 3.05) is 13.2 Å². The fraction of sp³-hybridized carbons (Fsp3) is 0.913. The summed E-state index contributed by atoms with van der Waals surface area (Å²) in [6, 6.07) is 0. The molecule has 2 saturated carbocycles. The number of rotatable bonds is 6. The Kier molecular flexibility index (Phi) is 5.05. The van der Waals surface area contributed by atoms with Gasteiger partial charge in [0.05, 0.1) is 48.5 Å². The van der Waals surface area contributed by atoms with E-state index in [1.54, 1.807) is 0 Å². The number of carbonyl (C=O) groups excluding carboxylic acids is 2. The van der Waals surface area contributed by atoms with Gasteiger partial charge in [-0.25, -0.2) is 0 Å². The van der Waals surface area contributed by atoms with Crippen LogP contribution in [0.1, 0.15) is 67.2 Å². The maximum Gasteiger partial charge on any atom is 0.309 e. The van der Waals surface area contributed by atoms with Gasteiger partial charge in [-0.2, -0.15) is 0 Å². The quantitative estimate of drug-likeness (QED) is 0.494. The standard InChI is InChI=1S/C23H36O6/c1-13-9-22(5)17(28-22)7-15(13)19(24)26-11-21(3,4)12-27-20(25)16-8-18-23(6,29-18)10-14(16)2/h13-18H,7-12H2,1-6H3. The van der Waals surface area contributed by atoms with E-state index in [2.05, 4.69) is 27.7 Å². The van der Waals surface area contributed by atoms with E-state index in [0.717, 1.165) is 25.7 Å². The monoisotopic (exact) mass is 408 g/mol. The van der Waals surface area contributed by atoms with Crippen molar-refractivity contribution in [3.63, 3.8) is 0 Å². The lowest BCUT2D eigenvalue weighted by Gasteiger charge is -2.31. The van der Waals surface area contributed by atoms with E-state index in [-0.39, 0.29) is 72.2 Å². The van der Waals surface area contributed by atoms with Crippen LogP contribution in [0.25, 0.3) is 0 Å². The molecule has 0 bridgehead atoms. The Morgan fingerprint density at radius 1 is 0.862 bits per heavy atom. The first kappa shape index (κ1) is 21.1. The number of hydrogen-bond donors (Lipinski definition) is 0. The summed E-state index contributed by atoms with van der Waals surface area (Å²) in [5, 5.41) is 0. The van der Waals surface area contributed by atoms with Gasteiger partial charge < -0.3 is 18.9 Å². The van der Waals surface area contributed by atoms with Crippen LogP contribution in [0.2, 0.25) is 0 Å². The predicted molar refractivity (Wildman–Crippen MR) is 106 cm³/mol. The SMILES string of the molecule is CC1CC2(C)OC2CC1C(=O)OCC(C)(C)COC(=O)C1CC2OC2(C)CC1C. The Balaban J connectivity index is 1.22. The van der Waals surface area contributed by atoms with E-state index >= 15 is 0 Å². The summed E-state index contributed by atoms with van der Waals surface area (Å²) in [6.45, 7) is 12.9. The second kappa shape index (κ2) is 6.94. The van der Waals surface area contributed by atoms with Crippen molar-refractivity contribution >= 4 is 11.9 Å². The lowest BCUT2D eigenvalue weighted by Crippen LogP contribution is -2.38. The molecule has 29 heavy (non-hydrogen) atoms. The maximum atomic E-state index is 12.6. The van der Waals surface area contributed by atoms with E-state index in [1.165, 1.54) is 0 Å². The first-order chi connectivity index (χ1) is 13.4. The van der Waals surface area contributed by atoms with Gasteiger partial charge >= 0.3 is 11.9 Å². The van der Waals surface area contributed by atoms with Gasteiger partial charge in [0.15, 0.2) is 0 Å². The van der Waals surface area contributed by atoms with Gasteiger partial charge in [0, 0.05) is 5.41 Å². The van der Waals surface area contributed by atoms with Crippen LogP contribution in [0.5, 0.6) is 0 Å². The minimum Gasteiger partial charge on any atom is -0.465 e. The third-order valence-electron chi connectivity index (χ3n) is 7.65. The molecule has 0 amide bonds. The molecule has 8 atom stereocenters. The molecule has 0 spiro atoms. The van der Waals surface area contributed by atoms with Crippen LogP contribution in [0.4, 0.5) is 0 Å². The molecule has 4 fully saturated rings. The van der Waals surface area contributed by atoms with E-state index < -0.39 is 5.41 Å². The van der Waals surface area contributed by atoms with Crippen molar-refractivity contribution in [2.45, 2.75) is 90.6 Å². The number of ether oxygens (including phenoxy) is 4. The first-order valence-electron chi connectivity index (χ1n) is 11.1. The second-order valence-electron chi connectivity index (χ2n) is 11.3. The smallest absolute Gasteiger partial charge is 0.309 e. The summed E-state index contributed by atoms with van der Waals surface area (Å²) in [6.07, 6.45) is 3.69. The van der Waals surface area contributed by atoms with Gasteiger partial charge in [-0.3, -0.25) is 9.59 Å². The van der Waals surface area contributed by atoms with Gasteiger partial charge in [0.25, 0.3) is 0 Å².